The van der Waals surface area contributed by atoms with E-state index < -0.39 is 12.1 Å². The Balaban J connectivity index is 3.05. The summed E-state index contributed by atoms with van der Waals surface area (Å²) < 4.78 is 39.5. The molecule has 1 heterocycles. The van der Waals surface area contributed by atoms with Gasteiger partial charge in [-0.05, 0) is 6.07 Å². The zero-order valence-corrected chi connectivity index (χ0v) is 8.39. The smallest absolute Gasteiger partial charge is 0.402 e. The second kappa shape index (κ2) is 4.04. The fraction of sp³-hybridized carbons (Fsp3) is 0.286. The molecule has 0 saturated heterocycles. The Kier molecular flexibility index (Phi) is 3.20. The second-order valence-corrected chi connectivity index (χ2v) is 2.93. The minimum Gasteiger partial charge on any atom is -0.402 e. The van der Waals surface area contributed by atoms with Crippen LogP contribution in [0.25, 0.3) is 0 Å². The molecule has 7 heteroatoms. The highest BCUT2D eigenvalue weighted by atomic mass is 79.9. The number of nitrogens with zero attached hydrogens (tertiary/aromatic N) is 1. The van der Waals surface area contributed by atoms with Crippen molar-refractivity contribution in [3.8, 4) is 5.75 Å². The SMILES string of the molecule is Nc1nccc(CBr)c1OC(F)(F)F. The molecular formula is C7H6BrF3N2O. The van der Waals surface area contributed by atoms with Crippen LogP contribution < -0.4 is 10.5 Å². The van der Waals surface area contributed by atoms with Gasteiger partial charge in [0.15, 0.2) is 11.6 Å². The minimum atomic E-state index is -4.76. The summed E-state index contributed by atoms with van der Waals surface area (Å²) in [6.45, 7) is 0. The highest BCUT2D eigenvalue weighted by Crippen LogP contribution is 2.31. The van der Waals surface area contributed by atoms with Crippen molar-refractivity contribution >= 4 is 21.7 Å². The largest absolute Gasteiger partial charge is 0.573 e. The summed E-state index contributed by atoms with van der Waals surface area (Å²) in [6.07, 6.45) is -3.44. The molecule has 0 saturated carbocycles. The molecule has 3 nitrogen and oxygen atoms in total. The van der Waals surface area contributed by atoms with Crippen molar-refractivity contribution < 1.29 is 17.9 Å². The first-order valence-electron chi connectivity index (χ1n) is 3.49. The molecule has 0 aliphatic heterocycles. The number of alkyl halides is 4. The number of aromatic nitrogens is 1. The van der Waals surface area contributed by atoms with Gasteiger partial charge in [0.05, 0.1) is 0 Å². The van der Waals surface area contributed by atoms with E-state index in [1.54, 1.807) is 0 Å². The van der Waals surface area contributed by atoms with Crippen molar-refractivity contribution in [2.75, 3.05) is 5.73 Å². The molecule has 78 valence electrons. The van der Waals surface area contributed by atoms with Crippen LogP contribution in [0.1, 0.15) is 5.56 Å². The first kappa shape index (κ1) is 11.1. The quantitative estimate of drug-likeness (QED) is 0.840. The molecule has 1 aromatic rings. The molecule has 0 aliphatic carbocycles. The lowest BCUT2D eigenvalue weighted by Crippen LogP contribution is -2.19. The lowest BCUT2D eigenvalue weighted by atomic mass is 10.2. The second-order valence-electron chi connectivity index (χ2n) is 2.37. The van der Waals surface area contributed by atoms with Crippen LogP contribution in [0.4, 0.5) is 19.0 Å². The van der Waals surface area contributed by atoms with Gasteiger partial charge in [-0.25, -0.2) is 4.98 Å². The van der Waals surface area contributed by atoms with Crippen molar-refractivity contribution in [3.05, 3.63) is 17.8 Å². The van der Waals surface area contributed by atoms with E-state index in [9.17, 15) is 13.2 Å². The first-order chi connectivity index (χ1) is 6.44. The molecule has 0 aromatic carbocycles. The van der Waals surface area contributed by atoms with Crippen molar-refractivity contribution in [2.45, 2.75) is 11.7 Å². The molecule has 0 radical (unpaired) electrons. The maximum absolute atomic E-state index is 11.9. The van der Waals surface area contributed by atoms with E-state index in [1.165, 1.54) is 12.3 Å². The van der Waals surface area contributed by atoms with Crippen molar-refractivity contribution in [3.63, 3.8) is 0 Å². The predicted molar refractivity (Wildman–Crippen MR) is 48.0 cm³/mol. The molecule has 0 amide bonds. The summed E-state index contributed by atoms with van der Waals surface area (Å²) in [5, 5.41) is 0.213. The minimum absolute atomic E-state index is 0.213. The van der Waals surface area contributed by atoms with Crippen LogP contribution >= 0.6 is 15.9 Å². The number of rotatable bonds is 2. The van der Waals surface area contributed by atoms with Crippen LogP contribution in [0.15, 0.2) is 12.3 Å². The van der Waals surface area contributed by atoms with Gasteiger partial charge in [0.2, 0.25) is 0 Å². The van der Waals surface area contributed by atoms with Gasteiger partial charge in [-0.1, -0.05) is 15.9 Å². The lowest BCUT2D eigenvalue weighted by Gasteiger charge is -2.12. The average molecular weight is 271 g/mol. The molecule has 14 heavy (non-hydrogen) atoms. The van der Waals surface area contributed by atoms with Crippen LogP contribution in [-0.2, 0) is 5.33 Å². The van der Waals surface area contributed by atoms with Gasteiger partial charge < -0.3 is 10.5 Å². The Morgan fingerprint density at radius 2 is 2.14 bits per heavy atom. The van der Waals surface area contributed by atoms with E-state index in [-0.39, 0.29) is 11.1 Å². The number of halogens is 4. The first-order valence-corrected chi connectivity index (χ1v) is 4.61. The lowest BCUT2D eigenvalue weighted by molar-refractivity contribution is -0.274. The molecule has 2 N–H and O–H groups in total. The van der Waals surface area contributed by atoms with Crippen molar-refractivity contribution in [1.29, 1.82) is 0 Å². The predicted octanol–water partition coefficient (Wildman–Crippen LogP) is 2.46. The summed E-state index contributed by atoms with van der Waals surface area (Å²) in [6, 6.07) is 1.40. The third kappa shape index (κ3) is 2.76. The number of nitrogens with two attached hydrogens (primary N) is 1. The Morgan fingerprint density at radius 3 is 2.64 bits per heavy atom. The van der Waals surface area contributed by atoms with E-state index in [4.69, 9.17) is 5.73 Å². The van der Waals surface area contributed by atoms with Crippen LogP contribution in [-0.4, -0.2) is 11.3 Å². The average Bonchev–Trinajstić information content (AvgIpc) is 2.06. The molecule has 0 unspecified atom stereocenters. The van der Waals surface area contributed by atoms with Gasteiger partial charge in [0.1, 0.15) is 0 Å². The fourth-order valence-electron chi connectivity index (χ4n) is 0.845. The number of anilines is 1. The summed E-state index contributed by atoms with van der Waals surface area (Å²) in [5.74, 6) is -0.726. The van der Waals surface area contributed by atoms with E-state index >= 15 is 0 Å². The molecule has 1 rings (SSSR count). The van der Waals surface area contributed by atoms with Gasteiger partial charge in [0, 0.05) is 17.1 Å². The normalized spacial score (nSPS) is 11.4. The van der Waals surface area contributed by atoms with E-state index in [0.29, 0.717) is 5.56 Å². The highest BCUT2D eigenvalue weighted by molar-refractivity contribution is 9.08. The van der Waals surface area contributed by atoms with Crippen molar-refractivity contribution in [1.82, 2.24) is 4.98 Å². The molecule has 0 bridgehead atoms. The monoisotopic (exact) mass is 270 g/mol. The Labute approximate surface area is 86.2 Å². The standard InChI is InChI=1S/C7H6BrF3N2O/c8-3-4-1-2-13-6(12)5(4)14-7(9,10)11/h1-2H,3H2,(H2,12,13). The molecule has 0 spiro atoms. The zero-order valence-electron chi connectivity index (χ0n) is 6.81. The van der Waals surface area contributed by atoms with Crippen LogP contribution in [0, 0.1) is 0 Å². The van der Waals surface area contributed by atoms with E-state index in [0.717, 1.165) is 0 Å². The topological polar surface area (TPSA) is 48.1 Å². The number of hydrogen-bond acceptors (Lipinski definition) is 3. The molecule has 1 aromatic heterocycles. The Bertz CT molecular complexity index is 329. The third-order valence-electron chi connectivity index (χ3n) is 1.38. The summed E-state index contributed by atoms with van der Waals surface area (Å²) in [5.41, 5.74) is 5.55. The Hall–Kier alpha value is -0.980. The number of ether oxygens (including phenoxy) is 1. The summed E-state index contributed by atoms with van der Waals surface area (Å²) in [4.78, 5) is 3.50. The van der Waals surface area contributed by atoms with Gasteiger partial charge in [-0.3, -0.25) is 0 Å². The van der Waals surface area contributed by atoms with Crippen LogP contribution in [0.5, 0.6) is 5.75 Å². The highest BCUT2D eigenvalue weighted by Gasteiger charge is 2.33. The molecule has 0 atom stereocenters. The van der Waals surface area contributed by atoms with E-state index in [1.807, 2.05) is 0 Å². The molecule has 0 aliphatic rings. The Morgan fingerprint density at radius 1 is 1.50 bits per heavy atom. The van der Waals surface area contributed by atoms with Gasteiger partial charge in [-0.15, -0.1) is 13.2 Å². The van der Waals surface area contributed by atoms with Gasteiger partial charge in [0.25, 0.3) is 0 Å². The van der Waals surface area contributed by atoms with Crippen molar-refractivity contribution in [2.24, 2.45) is 0 Å². The summed E-state index contributed by atoms with van der Waals surface area (Å²) >= 11 is 3.02. The number of pyridine rings is 1. The zero-order chi connectivity index (χ0) is 10.8. The molecule has 0 fully saturated rings. The number of nitrogen functional groups attached to an aromatic ring is 1. The molecular weight excluding hydrogens is 265 g/mol. The fourth-order valence-corrected chi connectivity index (χ4v) is 1.29. The van der Waals surface area contributed by atoms with Crippen LogP contribution in [0.2, 0.25) is 0 Å². The third-order valence-corrected chi connectivity index (χ3v) is 1.98. The van der Waals surface area contributed by atoms with Crippen LogP contribution in [0.3, 0.4) is 0 Å². The summed E-state index contributed by atoms with van der Waals surface area (Å²) in [7, 11) is 0. The van der Waals surface area contributed by atoms with Gasteiger partial charge in [-0.2, -0.15) is 0 Å². The van der Waals surface area contributed by atoms with Gasteiger partial charge >= 0.3 is 6.36 Å². The maximum Gasteiger partial charge on any atom is 0.573 e. The van der Waals surface area contributed by atoms with E-state index in [2.05, 4.69) is 25.7 Å². The maximum atomic E-state index is 11.9. The number of hydrogen-bond donors (Lipinski definition) is 1.